The van der Waals surface area contributed by atoms with E-state index in [1.807, 2.05) is 0 Å². The van der Waals surface area contributed by atoms with Crippen LogP contribution in [0.5, 0.6) is 0 Å². The Morgan fingerprint density at radius 1 is 1.12 bits per heavy atom. The molecule has 0 bridgehead atoms. The fraction of sp³-hybridized carbons (Fsp3) is 0.650. The van der Waals surface area contributed by atoms with Crippen LogP contribution in [0.4, 0.5) is 13.2 Å². The van der Waals surface area contributed by atoms with Gasteiger partial charge in [0.1, 0.15) is 5.82 Å². The van der Waals surface area contributed by atoms with E-state index in [0.717, 1.165) is 25.7 Å². The van der Waals surface area contributed by atoms with E-state index >= 15 is 0 Å². The molecule has 144 valence electrons. The van der Waals surface area contributed by atoms with Crippen LogP contribution in [0.3, 0.4) is 0 Å². The number of benzene rings is 1. The van der Waals surface area contributed by atoms with Gasteiger partial charge in [0, 0.05) is 23.6 Å². The summed E-state index contributed by atoms with van der Waals surface area (Å²) in [5.41, 5.74) is 0.988. The number of carbonyl (C=O) groups is 1. The van der Waals surface area contributed by atoms with Gasteiger partial charge < -0.3 is 10.6 Å². The van der Waals surface area contributed by atoms with Gasteiger partial charge in [0.25, 0.3) is 11.8 Å². The highest BCUT2D eigenvalue weighted by Crippen LogP contribution is 2.37. The number of amides is 1. The highest BCUT2D eigenvalue weighted by atomic mass is 19.3. The molecular weight excluding hydrogens is 341 g/mol. The van der Waals surface area contributed by atoms with Crippen LogP contribution in [0.1, 0.15) is 60.9 Å². The van der Waals surface area contributed by atoms with Gasteiger partial charge in [-0.3, -0.25) is 4.79 Å². The minimum Gasteiger partial charge on any atom is -0.349 e. The Hall–Kier alpha value is -1.56. The summed E-state index contributed by atoms with van der Waals surface area (Å²) in [5, 5.41) is 5.90. The third-order valence-corrected chi connectivity index (χ3v) is 5.65. The monoisotopic (exact) mass is 368 g/mol. The third-order valence-electron chi connectivity index (χ3n) is 5.65. The van der Waals surface area contributed by atoms with Crippen molar-refractivity contribution >= 4 is 5.91 Å². The SMILES string of the molecule is Cc1cc(F)cc(C(=O)N[C@H]2CC[C@H](NCC(F)(F)C3CCCC3)C2)c1. The molecule has 2 saturated carbocycles. The molecule has 6 heteroatoms. The Bertz CT molecular complexity index is 624. The van der Waals surface area contributed by atoms with Crippen LogP contribution >= 0.6 is 0 Å². The Morgan fingerprint density at radius 2 is 1.81 bits per heavy atom. The molecule has 0 saturated heterocycles. The first kappa shape index (κ1) is 19.2. The summed E-state index contributed by atoms with van der Waals surface area (Å²) in [7, 11) is 0. The summed E-state index contributed by atoms with van der Waals surface area (Å²) in [5.74, 6) is -3.90. The molecule has 2 aliphatic rings. The van der Waals surface area contributed by atoms with E-state index in [-0.39, 0.29) is 24.5 Å². The Balaban J connectivity index is 1.47. The average molecular weight is 368 g/mol. The molecular formula is C20H27F3N2O. The van der Waals surface area contributed by atoms with Gasteiger partial charge in [0.2, 0.25) is 0 Å². The maximum Gasteiger partial charge on any atom is 0.263 e. The van der Waals surface area contributed by atoms with Gasteiger partial charge in [-0.15, -0.1) is 0 Å². The standard InChI is InChI=1S/C20H27F3N2O/c1-13-8-14(10-16(21)9-13)19(26)25-18-7-6-17(11-18)24-12-20(22,23)15-4-2-3-5-15/h8-10,15,17-18,24H,2-7,11-12H2,1H3,(H,25,26)/t17-,18-/m0/s1. The van der Waals surface area contributed by atoms with Crippen molar-refractivity contribution in [2.24, 2.45) is 5.92 Å². The predicted octanol–water partition coefficient (Wildman–Crippen LogP) is 4.20. The largest absolute Gasteiger partial charge is 0.349 e. The topological polar surface area (TPSA) is 41.1 Å². The first-order valence-corrected chi connectivity index (χ1v) is 9.53. The lowest BCUT2D eigenvalue weighted by atomic mass is 9.99. The number of aryl methyl sites for hydroxylation is 1. The molecule has 3 nitrogen and oxygen atoms in total. The summed E-state index contributed by atoms with van der Waals surface area (Å²) in [6, 6.07) is 4.16. The summed E-state index contributed by atoms with van der Waals surface area (Å²) < 4.78 is 41.9. The number of carbonyl (C=O) groups excluding carboxylic acids is 1. The fourth-order valence-corrected chi connectivity index (χ4v) is 4.21. The Labute approximate surface area is 152 Å². The summed E-state index contributed by atoms with van der Waals surface area (Å²) in [4.78, 5) is 12.3. The molecule has 0 spiro atoms. The second kappa shape index (κ2) is 7.99. The first-order chi connectivity index (χ1) is 12.3. The van der Waals surface area contributed by atoms with Crippen LogP contribution in [0, 0.1) is 18.7 Å². The molecule has 1 amide bonds. The van der Waals surface area contributed by atoms with Crippen LogP contribution in [0.15, 0.2) is 18.2 Å². The first-order valence-electron chi connectivity index (χ1n) is 9.53. The third kappa shape index (κ3) is 4.78. The van der Waals surface area contributed by atoms with Crippen molar-refractivity contribution in [2.75, 3.05) is 6.54 Å². The number of alkyl halides is 2. The van der Waals surface area contributed by atoms with Gasteiger partial charge in [-0.2, -0.15) is 0 Å². The van der Waals surface area contributed by atoms with Crippen LogP contribution in [0.25, 0.3) is 0 Å². The lowest BCUT2D eigenvalue weighted by Crippen LogP contribution is -2.43. The summed E-state index contributed by atoms with van der Waals surface area (Å²) >= 11 is 0. The zero-order valence-electron chi connectivity index (χ0n) is 15.2. The van der Waals surface area contributed by atoms with Crippen LogP contribution in [0.2, 0.25) is 0 Å². The molecule has 2 N–H and O–H groups in total. The molecule has 0 aliphatic heterocycles. The highest BCUT2D eigenvalue weighted by Gasteiger charge is 2.41. The van der Waals surface area contributed by atoms with Crippen molar-refractivity contribution in [1.82, 2.24) is 10.6 Å². The molecule has 0 heterocycles. The number of rotatable bonds is 6. The lowest BCUT2D eigenvalue weighted by Gasteiger charge is -2.25. The van der Waals surface area contributed by atoms with Gasteiger partial charge >= 0.3 is 0 Å². The Kier molecular flexibility index (Phi) is 5.90. The highest BCUT2D eigenvalue weighted by molar-refractivity contribution is 5.94. The van der Waals surface area contributed by atoms with Gasteiger partial charge in [0.05, 0.1) is 6.54 Å². The van der Waals surface area contributed by atoms with Crippen molar-refractivity contribution in [2.45, 2.75) is 69.9 Å². The van der Waals surface area contributed by atoms with Crippen molar-refractivity contribution in [3.8, 4) is 0 Å². The zero-order valence-corrected chi connectivity index (χ0v) is 15.2. The van der Waals surface area contributed by atoms with Gasteiger partial charge in [-0.05, 0) is 62.8 Å². The molecule has 1 aromatic carbocycles. The molecule has 2 atom stereocenters. The zero-order chi connectivity index (χ0) is 18.7. The van der Waals surface area contributed by atoms with E-state index in [1.54, 1.807) is 13.0 Å². The van der Waals surface area contributed by atoms with Crippen LogP contribution in [-0.4, -0.2) is 30.5 Å². The molecule has 3 rings (SSSR count). The second-order valence-corrected chi connectivity index (χ2v) is 7.82. The fourth-order valence-electron chi connectivity index (χ4n) is 4.21. The number of halogens is 3. The number of hydrogen-bond acceptors (Lipinski definition) is 2. The number of hydrogen-bond donors (Lipinski definition) is 2. The van der Waals surface area contributed by atoms with E-state index in [0.29, 0.717) is 30.4 Å². The van der Waals surface area contributed by atoms with Crippen molar-refractivity contribution < 1.29 is 18.0 Å². The predicted molar refractivity (Wildman–Crippen MR) is 94.9 cm³/mol. The summed E-state index contributed by atoms with van der Waals surface area (Å²) in [6.45, 7) is 1.45. The molecule has 1 aromatic rings. The number of nitrogens with one attached hydrogen (secondary N) is 2. The smallest absolute Gasteiger partial charge is 0.263 e. The van der Waals surface area contributed by atoms with Gasteiger partial charge in [-0.1, -0.05) is 12.8 Å². The van der Waals surface area contributed by atoms with Crippen molar-refractivity contribution in [1.29, 1.82) is 0 Å². The van der Waals surface area contributed by atoms with E-state index in [1.165, 1.54) is 12.1 Å². The normalized spacial score (nSPS) is 24.2. The maximum absolute atomic E-state index is 14.2. The van der Waals surface area contributed by atoms with Crippen LogP contribution in [-0.2, 0) is 0 Å². The quantitative estimate of drug-likeness (QED) is 0.790. The van der Waals surface area contributed by atoms with E-state index < -0.39 is 17.7 Å². The van der Waals surface area contributed by atoms with E-state index in [2.05, 4.69) is 10.6 Å². The van der Waals surface area contributed by atoms with Gasteiger partial charge in [0.15, 0.2) is 0 Å². The van der Waals surface area contributed by atoms with Crippen LogP contribution < -0.4 is 10.6 Å². The average Bonchev–Trinajstić information content (AvgIpc) is 3.24. The molecule has 0 aromatic heterocycles. The molecule has 2 aliphatic carbocycles. The second-order valence-electron chi connectivity index (χ2n) is 7.82. The lowest BCUT2D eigenvalue weighted by molar-refractivity contribution is -0.0552. The Morgan fingerprint density at radius 3 is 2.50 bits per heavy atom. The molecule has 26 heavy (non-hydrogen) atoms. The van der Waals surface area contributed by atoms with E-state index in [9.17, 15) is 18.0 Å². The van der Waals surface area contributed by atoms with Crippen molar-refractivity contribution in [3.05, 3.63) is 35.1 Å². The minimum atomic E-state index is -2.66. The summed E-state index contributed by atoms with van der Waals surface area (Å²) in [6.07, 6.45) is 5.16. The van der Waals surface area contributed by atoms with Gasteiger partial charge in [-0.25, -0.2) is 13.2 Å². The maximum atomic E-state index is 14.2. The minimum absolute atomic E-state index is 0.0122. The molecule has 2 fully saturated rings. The molecule has 0 radical (unpaired) electrons. The molecule has 0 unspecified atom stereocenters. The van der Waals surface area contributed by atoms with Crippen molar-refractivity contribution in [3.63, 3.8) is 0 Å². The van der Waals surface area contributed by atoms with E-state index in [4.69, 9.17) is 0 Å².